The van der Waals surface area contributed by atoms with Crippen LogP contribution in [0.15, 0.2) is 72.8 Å². The quantitative estimate of drug-likeness (QED) is 0.375. The molecule has 2 amide bonds. The number of carbonyl (C=O) groups is 2. The SMILES string of the molecule is COc1ccc(CC(=O)N(Cc2ccc(F)cc2)[C@H](Cc2ccccc2)C(=O)NC[C@H]2CCCO2)cc1OC. The van der Waals surface area contributed by atoms with Gasteiger partial charge in [-0.15, -0.1) is 0 Å². The zero-order chi connectivity index (χ0) is 27.6. The van der Waals surface area contributed by atoms with E-state index in [4.69, 9.17) is 14.2 Å². The largest absolute Gasteiger partial charge is 0.493 e. The Bertz CT molecular complexity index is 1230. The first kappa shape index (κ1) is 28.1. The van der Waals surface area contributed by atoms with Crippen LogP contribution in [0.3, 0.4) is 0 Å². The molecule has 1 heterocycles. The minimum absolute atomic E-state index is 0.0284. The van der Waals surface area contributed by atoms with Crippen molar-refractivity contribution in [2.45, 2.75) is 44.4 Å². The van der Waals surface area contributed by atoms with E-state index in [1.165, 1.54) is 12.1 Å². The van der Waals surface area contributed by atoms with E-state index in [-0.39, 0.29) is 36.7 Å². The molecule has 3 aromatic carbocycles. The van der Waals surface area contributed by atoms with Gasteiger partial charge in [-0.25, -0.2) is 4.39 Å². The predicted octanol–water partition coefficient (Wildman–Crippen LogP) is 4.32. The molecule has 39 heavy (non-hydrogen) atoms. The molecule has 3 aromatic rings. The van der Waals surface area contributed by atoms with Gasteiger partial charge in [0.2, 0.25) is 11.8 Å². The van der Waals surface area contributed by atoms with E-state index in [0.717, 1.165) is 29.5 Å². The van der Waals surface area contributed by atoms with Crippen LogP contribution in [0, 0.1) is 5.82 Å². The lowest BCUT2D eigenvalue weighted by molar-refractivity contribution is -0.141. The third-order valence-corrected chi connectivity index (χ3v) is 6.87. The number of nitrogens with zero attached hydrogens (tertiary/aromatic N) is 1. The first-order valence-corrected chi connectivity index (χ1v) is 13.1. The van der Waals surface area contributed by atoms with Crippen LogP contribution in [0.1, 0.15) is 29.5 Å². The van der Waals surface area contributed by atoms with Gasteiger partial charge in [0.05, 0.1) is 26.7 Å². The Morgan fingerprint density at radius 2 is 1.69 bits per heavy atom. The highest BCUT2D eigenvalue weighted by Gasteiger charge is 2.31. The maximum atomic E-state index is 13.9. The van der Waals surface area contributed by atoms with E-state index in [1.807, 2.05) is 30.3 Å². The van der Waals surface area contributed by atoms with E-state index in [1.54, 1.807) is 49.5 Å². The van der Waals surface area contributed by atoms with Gasteiger partial charge in [-0.3, -0.25) is 9.59 Å². The van der Waals surface area contributed by atoms with Crippen LogP contribution in [0.25, 0.3) is 0 Å². The molecule has 1 aliphatic heterocycles. The van der Waals surface area contributed by atoms with Crippen molar-refractivity contribution < 1.29 is 28.2 Å². The lowest BCUT2D eigenvalue weighted by atomic mass is 10.0. The molecule has 4 rings (SSSR count). The summed E-state index contributed by atoms with van der Waals surface area (Å²) in [6.07, 6.45) is 2.21. The molecule has 0 radical (unpaired) electrons. The number of rotatable bonds is 12. The first-order valence-electron chi connectivity index (χ1n) is 13.1. The second kappa shape index (κ2) is 13.8. The molecule has 0 bridgehead atoms. The number of benzene rings is 3. The minimum atomic E-state index is -0.786. The van der Waals surface area contributed by atoms with E-state index >= 15 is 0 Å². The third kappa shape index (κ3) is 7.80. The molecule has 0 aliphatic carbocycles. The second-order valence-corrected chi connectivity index (χ2v) is 9.60. The predicted molar refractivity (Wildman–Crippen MR) is 146 cm³/mol. The Balaban J connectivity index is 1.63. The van der Waals surface area contributed by atoms with Gasteiger partial charge >= 0.3 is 0 Å². The molecular weight excluding hydrogens is 499 g/mol. The van der Waals surface area contributed by atoms with Crippen LogP contribution in [0.4, 0.5) is 4.39 Å². The Morgan fingerprint density at radius 3 is 2.36 bits per heavy atom. The molecule has 8 heteroatoms. The molecular formula is C31H35FN2O5. The van der Waals surface area contributed by atoms with Gasteiger partial charge in [-0.1, -0.05) is 48.5 Å². The van der Waals surface area contributed by atoms with Gasteiger partial charge in [0.15, 0.2) is 11.5 Å². The third-order valence-electron chi connectivity index (χ3n) is 6.87. The van der Waals surface area contributed by atoms with Crippen LogP contribution < -0.4 is 14.8 Å². The number of methoxy groups -OCH3 is 2. The highest BCUT2D eigenvalue weighted by molar-refractivity contribution is 5.89. The van der Waals surface area contributed by atoms with Crippen LogP contribution in [-0.4, -0.2) is 56.2 Å². The Morgan fingerprint density at radius 1 is 0.974 bits per heavy atom. The van der Waals surface area contributed by atoms with Crippen molar-refractivity contribution in [3.05, 3.63) is 95.3 Å². The van der Waals surface area contributed by atoms with Crippen molar-refractivity contribution in [1.29, 1.82) is 0 Å². The standard InChI is InChI=1S/C31H35FN2O5/c1-37-28-15-12-24(18-29(28)38-2)19-30(35)34(21-23-10-13-25(32)14-11-23)27(17-22-7-4-3-5-8-22)31(36)33-20-26-9-6-16-39-26/h3-5,7-8,10-15,18,26-27H,6,9,16-17,19-21H2,1-2H3,(H,33,36)/t26-,27-/m1/s1. The van der Waals surface area contributed by atoms with E-state index in [9.17, 15) is 14.0 Å². The van der Waals surface area contributed by atoms with Crippen LogP contribution in [0.5, 0.6) is 11.5 Å². The molecule has 7 nitrogen and oxygen atoms in total. The number of halogens is 1. The monoisotopic (exact) mass is 534 g/mol. The summed E-state index contributed by atoms with van der Waals surface area (Å²) in [7, 11) is 3.09. The van der Waals surface area contributed by atoms with E-state index in [0.29, 0.717) is 31.1 Å². The molecule has 1 N–H and O–H groups in total. The van der Waals surface area contributed by atoms with Gasteiger partial charge < -0.3 is 24.4 Å². The lowest BCUT2D eigenvalue weighted by Crippen LogP contribution is -2.52. The normalized spacial score (nSPS) is 15.4. The number of amides is 2. The maximum Gasteiger partial charge on any atom is 0.243 e. The number of hydrogen-bond donors (Lipinski definition) is 1. The van der Waals surface area contributed by atoms with Crippen molar-refractivity contribution in [2.24, 2.45) is 0 Å². The fourth-order valence-corrected chi connectivity index (χ4v) is 4.74. The minimum Gasteiger partial charge on any atom is -0.493 e. The molecule has 2 atom stereocenters. The second-order valence-electron chi connectivity index (χ2n) is 9.60. The topological polar surface area (TPSA) is 77.1 Å². The smallest absolute Gasteiger partial charge is 0.243 e. The van der Waals surface area contributed by atoms with Crippen molar-refractivity contribution in [1.82, 2.24) is 10.2 Å². The molecule has 206 valence electrons. The Labute approximate surface area is 228 Å². The first-order chi connectivity index (χ1) is 19.0. The van der Waals surface area contributed by atoms with E-state index < -0.39 is 6.04 Å². The summed E-state index contributed by atoms with van der Waals surface area (Å²) in [5, 5.41) is 3.02. The number of ether oxygens (including phenoxy) is 3. The fraction of sp³-hybridized carbons (Fsp3) is 0.355. The zero-order valence-electron chi connectivity index (χ0n) is 22.4. The van der Waals surface area contributed by atoms with Crippen molar-refractivity contribution in [2.75, 3.05) is 27.4 Å². The lowest BCUT2D eigenvalue weighted by Gasteiger charge is -2.32. The summed E-state index contributed by atoms with van der Waals surface area (Å²) in [6, 6.07) is 20.1. The van der Waals surface area contributed by atoms with Crippen molar-refractivity contribution in [3.63, 3.8) is 0 Å². The summed E-state index contributed by atoms with van der Waals surface area (Å²) in [5.41, 5.74) is 2.37. The fourth-order valence-electron chi connectivity index (χ4n) is 4.74. The van der Waals surface area contributed by atoms with E-state index in [2.05, 4.69) is 5.32 Å². The number of hydrogen-bond acceptors (Lipinski definition) is 5. The molecule has 1 aliphatic rings. The zero-order valence-corrected chi connectivity index (χ0v) is 22.4. The molecule has 0 saturated carbocycles. The summed E-state index contributed by atoms with van der Waals surface area (Å²) in [4.78, 5) is 29.2. The van der Waals surface area contributed by atoms with Crippen molar-refractivity contribution >= 4 is 11.8 Å². The van der Waals surface area contributed by atoms with Gasteiger partial charge in [0, 0.05) is 26.1 Å². The average molecular weight is 535 g/mol. The molecule has 0 spiro atoms. The molecule has 1 saturated heterocycles. The van der Waals surface area contributed by atoms with Gasteiger partial charge in [-0.05, 0) is 53.8 Å². The van der Waals surface area contributed by atoms with Crippen LogP contribution in [-0.2, 0) is 33.7 Å². The average Bonchev–Trinajstić information content (AvgIpc) is 3.49. The van der Waals surface area contributed by atoms with Crippen LogP contribution in [0.2, 0.25) is 0 Å². The van der Waals surface area contributed by atoms with Crippen LogP contribution >= 0.6 is 0 Å². The maximum absolute atomic E-state index is 13.9. The number of nitrogens with one attached hydrogen (secondary N) is 1. The molecule has 1 fully saturated rings. The summed E-state index contributed by atoms with van der Waals surface area (Å²) in [5.74, 6) is 0.226. The number of carbonyl (C=O) groups excluding carboxylic acids is 2. The van der Waals surface area contributed by atoms with Gasteiger partial charge in [0.25, 0.3) is 0 Å². The van der Waals surface area contributed by atoms with Crippen molar-refractivity contribution in [3.8, 4) is 11.5 Å². The highest BCUT2D eigenvalue weighted by atomic mass is 19.1. The summed E-state index contributed by atoms with van der Waals surface area (Å²) >= 11 is 0. The Hall–Kier alpha value is -3.91. The Kier molecular flexibility index (Phi) is 9.91. The molecule has 0 unspecified atom stereocenters. The molecule has 0 aromatic heterocycles. The summed E-state index contributed by atoms with van der Waals surface area (Å²) < 4.78 is 30.1. The highest BCUT2D eigenvalue weighted by Crippen LogP contribution is 2.28. The van der Waals surface area contributed by atoms with Gasteiger partial charge in [0.1, 0.15) is 11.9 Å². The summed E-state index contributed by atoms with van der Waals surface area (Å²) in [6.45, 7) is 1.23. The van der Waals surface area contributed by atoms with Gasteiger partial charge in [-0.2, -0.15) is 0 Å².